The first kappa shape index (κ1) is 9.32. The monoisotopic (exact) mass is 176 g/mol. The molecule has 0 fully saturated rings. The molecule has 0 saturated heterocycles. The summed E-state index contributed by atoms with van der Waals surface area (Å²) in [7, 11) is 0. The van der Waals surface area contributed by atoms with Crippen LogP contribution in [0.5, 0.6) is 0 Å². The molecule has 0 aromatic carbocycles. The van der Waals surface area contributed by atoms with Gasteiger partial charge in [-0.15, -0.1) is 0 Å². The maximum atomic E-state index is 8.90. The molecule has 0 radical (unpaired) electrons. The molecule has 6 heavy (non-hydrogen) atoms. The molecular formula is CH2MoO4. The van der Waals surface area contributed by atoms with Crippen molar-refractivity contribution < 1.29 is 41.1 Å². The Kier molecular flexibility index (Phi) is 7.64. The van der Waals surface area contributed by atoms with Gasteiger partial charge in [0.2, 0.25) is 0 Å². The summed E-state index contributed by atoms with van der Waals surface area (Å²) in [5.41, 5.74) is 0. The summed E-state index contributed by atoms with van der Waals surface area (Å²) in [4.78, 5) is 11.6. The van der Waals surface area contributed by atoms with Gasteiger partial charge in [0.1, 0.15) is 0 Å². The van der Waals surface area contributed by atoms with Gasteiger partial charge in [-0.05, 0) is 0 Å². The van der Waals surface area contributed by atoms with Gasteiger partial charge < -0.3 is 5.11 Å². The van der Waals surface area contributed by atoms with Gasteiger partial charge in [-0.1, -0.05) is 0 Å². The molecule has 0 atom stereocenters. The standard InChI is InChI=1S/CH2O4.Mo/c2-1(3)5-4;/h4H,(H,2,3);. The van der Waals surface area contributed by atoms with Crippen LogP contribution in [0.2, 0.25) is 0 Å². The Morgan fingerprint density at radius 3 is 1.83 bits per heavy atom. The van der Waals surface area contributed by atoms with E-state index < -0.39 is 6.16 Å². The van der Waals surface area contributed by atoms with Crippen molar-refractivity contribution >= 4 is 6.16 Å². The molecule has 2 N–H and O–H groups in total. The summed E-state index contributed by atoms with van der Waals surface area (Å²) in [5.74, 6) is 0. The molecule has 0 unspecified atom stereocenters. The van der Waals surface area contributed by atoms with E-state index >= 15 is 0 Å². The smallest absolute Gasteiger partial charge is 0.448 e. The Morgan fingerprint density at radius 2 is 1.83 bits per heavy atom. The van der Waals surface area contributed by atoms with Gasteiger partial charge in [-0.2, -0.15) is 5.26 Å². The van der Waals surface area contributed by atoms with E-state index in [1.165, 1.54) is 0 Å². The molecule has 4 nitrogen and oxygen atoms in total. The number of hydrogen-bond acceptors (Lipinski definition) is 3. The molecule has 0 saturated carbocycles. The zero-order chi connectivity index (χ0) is 4.28. The van der Waals surface area contributed by atoms with Crippen LogP contribution in [0.15, 0.2) is 0 Å². The molecule has 0 aliphatic rings. The first-order chi connectivity index (χ1) is 2.27. The number of hydrogen-bond donors (Lipinski definition) is 2. The topological polar surface area (TPSA) is 66.8 Å². The maximum absolute atomic E-state index is 8.90. The first-order valence-electron chi connectivity index (χ1n) is 0.814. The minimum absolute atomic E-state index is 0. The molecule has 0 rings (SSSR count). The fraction of sp³-hybridized carbons (Fsp3) is 0. The number of rotatable bonds is 0. The summed E-state index contributed by atoms with van der Waals surface area (Å²) in [6.07, 6.45) is -1.69. The van der Waals surface area contributed by atoms with Crippen molar-refractivity contribution in [3.8, 4) is 0 Å². The van der Waals surface area contributed by atoms with Crippen LogP contribution in [-0.4, -0.2) is 16.5 Å². The van der Waals surface area contributed by atoms with E-state index in [-0.39, 0.29) is 21.1 Å². The van der Waals surface area contributed by atoms with Crippen molar-refractivity contribution in [1.29, 1.82) is 0 Å². The molecule has 0 amide bonds. The van der Waals surface area contributed by atoms with Crippen molar-refractivity contribution in [3.63, 3.8) is 0 Å². The second-order valence-electron chi connectivity index (χ2n) is 0.357. The van der Waals surface area contributed by atoms with Crippen molar-refractivity contribution in [2.24, 2.45) is 0 Å². The van der Waals surface area contributed by atoms with Gasteiger partial charge in [0.05, 0.1) is 0 Å². The van der Waals surface area contributed by atoms with Crippen LogP contribution in [0.4, 0.5) is 4.79 Å². The largest absolute Gasteiger partial charge is 0.537 e. The van der Waals surface area contributed by atoms with E-state index in [9.17, 15) is 0 Å². The fourth-order valence-electron chi connectivity index (χ4n) is 0. The fourth-order valence-corrected chi connectivity index (χ4v) is 0. The van der Waals surface area contributed by atoms with E-state index in [4.69, 9.17) is 15.2 Å². The zero-order valence-corrected chi connectivity index (χ0v) is 4.63. The zero-order valence-electron chi connectivity index (χ0n) is 2.62. The number of carboxylic acid groups (broad SMARTS) is 1. The molecule has 0 aliphatic heterocycles. The van der Waals surface area contributed by atoms with Crippen LogP contribution >= 0.6 is 0 Å². The summed E-state index contributed by atoms with van der Waals surface area (Å²) < 4.78 is 0. The minimum Gasteiger partial charge on any atom is -0.448 e. The molecule has 0 spiro atoms. The Morgan fingerprint density at radius 1 is 1.67 bits per heavy atom. The summed E-state index contributed by atoms with van der Waals surface area (Å²) in [6.45, 7) is 0. The van der Waals surface area contributed by atoms with Gasteiger partial charge >= 0.3 is 6.16 Å². The SMILES string of the molecule is O=C(O)OO.[Mo]. The summed E-state index contributed by atoms with van der Waals surface area (Å²) in [5, 5.41) is 14.3. The van der Waals surface area contributed by atoms with E-state index in [1.807, 2.05) is 0 Å². The summed E-state index contributed by atoms with van der Waals surface area (Å²) in [6, 6.07) is 0. The first-order valence-corrected chi connectivity index (χ1v) is 0.814. The van der Waals surface area contributed by atoms with Crippen molar-refractivity contribution in [1.82, 2.24) is 0 Å². The minimum atomic E-state index is -1.69. The van der Waals surface area contributed by atoms with Crippen LogP contribution in [0.25, 0.3) is 0 Å². The van der Waals surface area contributed by atoms with Crippen LogP contribution in [0, 0.1) is 0 Å². The van der Waals surface area contributed by atoms with Crippen LogP contribution < -0.4 is 0 Å². The molecule has 0 heterocycles. The third-order valence-electron chi connectivity index (χ3n) is 0.0781. The van der Waals surface area contributed by atoms with E-state index in [0.29, 0.717) is 0 Å². The predicted octanol–water partition coefficient (Wildman–Crippen LogP) is 0.151. The average Bonchev–Trinajstić information content (AvgIpc) is 1.38. The third-order valence-corrected chi connectivity index (χ3v) is 0.0781. The Hall–Kier alpha value is -0.0817. The van der Waals surface area contributed by atoms with E-state index in [1.54, 1.807) is 0 Å². The Bertz CT molecular complexity index is 42.8. The second-order valence-corrected chi connectivity index (χ2v) is 0.357. The van der Waals surface area contributed by atoms with Gasteiger partial charge in [0.25, 0.3) is 0 Å². The molecule has 36 valence electrons. The Balaban J connectivity index is 0. The van der Waals surface area contributed by atoms with Gasteiger partial charge in [-0.3, -0.25) is 4.89 Å². The van der Waals surface area contributed by atoms with Crippen LogP contribution in [0.1, 0.15) is 0 Å². The summed E-state index contributed by atoms with van der Waals surface area (Å²) >= 11 is 0. The molecular weight excluding hydrogens is 172 g/mol. The quantitative estimate of drug-likeness (QED) is 0.311. The van der Waals surface area contributed by atoms with Crippen LogP contribution in [0.3, 0.4) is 0 Å². The van der Waals surface area contributed by atoms with E-state index in [0.717, 1.165) is 0 Å². The third kappa shape index (κ3) is 9.07. The average molecular weight is 174 g/mol. The van der Waals surface area contributed by atoms with Crippen molar-refractivity contribution in [2.75, 3.05) is 0 Å². The second kappa shape index (κ2) is 4.92. The van der Waals surface area contributed by atoms with Gasteiger partial charge in [0.15, 0.2) is 0 Å². The number of carbonyl (C=O) groups is 1. The maximum Gasteiger partial charge on any atom is 0.537 e. The molecule has 0 aliphatic carbocycles. The normalized spacial score (nSPS) is 5.50. The molecule has 0 aromatic rings. The molecule has 5 heteroatoms. The molecule has 0 bridgehead atoms. The van der Waals surface area contributed by atoms with Crippen LogP contribution in [-0.2, 0) is 26.0 Å². The predicted molar refractivity (Wildman–Crippen MR) is 11.7 cm³/mol. The van der Waals surface area contributed by atoms with Crippen molar-refractivity contribution in [2.45, 2.75) is 0 Å². The van der Waals surface area contributed by atoms with Crippen molar-refractivity contribution in [3.05, 3.63) is 0 Å². The molecule has 0 aromatic heterocycles. The van der Waals surface area contributed by atoms with E-state index in [2.05, 4.69) is 4.89 Å². The Labute approximate surface area is 47.9 Å². The van der Waals surface area contributed by atoms with Gasteiger partial charge in [0, 0.05) is 21.1 Å². The van der Waals surface area contributed by atoms with Gasteiger partial charge in [-0.25, -0.2) is 4.79 Å².